The maximum atomic E-state index is 12.3. The van der Waals surface area contributed by atoms with Crippen LogP contribution >= 0.6 is 23.2 Å². The van der Waals surface area contributed by atoms with Gasteiger partial charge in [0, 0.05) is 27.3 Å². The van der Waals surface area contributed by atoms with Gasteiger partial charge in [-0.15, -0.1) is 0 Å². The number of aliphatic hydroxyl groups excluding tert-OH is 1. The van der Waals surface area contributed by atoms with E-state index < -0.39 is 5.63 Å². The van der Waals surface area contributed by atoms with Crippen LogP contribution in [0, 0.1) is 0 Å². The number of halogens is 2. The molecule has 0 saturated heterocycles. The summed E-state index contributed by atoms with van der Waals surface area (Å²) in [5.74, 6) is -0.255. The summed E-state index contributed by atoms with van der Waals surface area (Å²) >= 11 is 11.9. The molecule has 134 valence electrons. The molecule has 0 unspecified atom stereocenters. The van der Waals surface area contributed by atoms with Gasteiger partial charge in [-0.3, -0.25) is 0 Å². The van der Waals surface area contributed by atoms with Gasteiger partial charge in [-0.25, -0.2) is 4.79 Å². The minimum atomic E-state index is -0.627. The Hall–Kier alpha value is -2.95. The van der Waals surface area contributed by atoms with Crippen molar-refractivity contribution in [1.29, 1.82) is 0 Å². The predicted octanol–water partition coefficient (Wildman–Crippen LogP) is 6.22. The van der Waals surface area contributed by atoms with Crippen LogP contribution in [0.15, 0.2) is 76.1 Å². The van der Waals surface area contributed by atoms with Gasteiger partial charge in [0.2, 0.25) is 0 Å². The lowest BCUT2D eigenvalue weighted by atomic mass is 10.0. The van der Waals surface area contributed by atoms with Crippen molar-refractivity contribution in [2.75, 3.05) is 5.32 Å². The predicted molar refractivity (Wildman–Crippen MR) is 111 cm³/mol. The molecule has 6 heteroatoms. The smallest absolute Gasteiger partial charge is 0.347 e. The summed E-state index contributed by atoms with van der Waals surface area (Å²) in [6.07, 6.45) is 1.30. The molecule has 4 aromatic rings. The van der Waals surface area contributed by atoms with Gasteiger partial charge in [0.25, 0.3) is 0 Å². The Morgan fingerprint density at radius 3 is 2.48 bits per heavy atom. The number of rotatable bonds is 3. The average molecular weight is 398 g/mol. The molecule has 0 amide bonds. The first-order chi connectivity index (χ1) is 13.0. The van der Waals surface area contributed by atoms with E-state index in [-0.39, 0.29) is 11.3 Å². The number of hydrogen-bond donors (Lipinski definition) is 2. The van der Waals surface area contributed by atoms with Crippen molar-refractivity contribution in [3.63, 3.8) is 0 Å². The summed E-state index contributed by atoms with van der Waals surface area (Å²) in [7, 11) is 0. The lowest BCUT2D eigenvalue weighted by molar-refractivity contribution is 0.497. The monoisotopic (exact) mass is 397 g/mol. The second-order valence-electron chi connectivity index (χ2n) is 5.98. The van der Waals surface area contributed by atoms with Crippen molar-refractivity contribution in [3.8, 4) is 0 Å². The average Bonchev–Trinajstić information content (AvgIpc) is 2.64. The zero-order valence-electron chi connectivity index (χ0n) is 13.9. The number of hydrogen-bond acceptors (Lipinski definition) is 4. The molecule has 0 aliphatic heterocycles. The molecule has 0 atom stereocenters. The Morgan fingerprint density at radius 1 is 0.963 bits per heavy atom. The highest BCUT2D eigenvalue weighted by atomic mass is 35.5. The van der Waals surface area contributed by atoms with Crippen LogP contribution in [0.4, 0.5) is 5.69 Å². The SMILES string of the molecule is O=c1oc2ccc3ccccc3c2cc1/C(O)=C/Nc1cc(Cl)cc(Cl)c1. The van der Waals surface area contributed by atoms with Gasteiger partial charge in [-0.05, 0) is 41.1 Å². The van der Waals surface area contributed by atoms with Gasteiger partial charge in [-0.1, -0.05) is 53.5 Å². The second-order valence-corrected chi connectivity index (χ2v) is 6.85. The van der Waals surface area contributed by atoms with Crippen LogP contribution in [0.3, 0.4) is 0 Å². The molecule has 0 aliphatic rings. The van der Waals surface area contributed by atoms with E-state index in [1.807, 2.05) is 30.3 Å². The summed E-state index contributed by atoms with van der Waals surface area (Å²) in [6, 6.07) is 17.9. The van der Waals surface area contributed by atoms with E-state index in [4.69, 9.17) is 27.6 Å². The molecule has 0 spiro atoms. The molecule has 0 saturated carbocycles. The number of anilines is 1. The summed E-state index contributed by atoms with van der Waals surface area (Å²) in [6.45, 7) is 0. The van der Waals surface area contributed by atoms with E-state index in [0.29, 0.717) is 21.3 Å². The first-order valence-electron chi connectivity index (χ1n) is 8.09. The largest absolute Gasteiger partial charge is 0.506 e. The Bertz CT molecular complexity index is 1240. The molecule has 0 fully saturated rings. The first-order valence-corrected chi connectivity index (χ1v) is 8.84. The third-order valence-corrected chi connectivity index (χ3v) is 4.59. The van der Waals surface area contributed by atoms with E-state index in [1.54, 1.807) is 30.3 Å². The summed E-state index contributed by atoms with van der Waals surface area (Å²) in [4.78, 5) is 12.3. The molecule has 4 rings (SSSR count). The van der Waals surface area contributed by atoms with Crippen LogP contribution in [0.5, 0.6) is 0 Å². The zero-order valence-corrected chi connectivity index (χ0v) is 15.4. The van der Waals surface area contributed by atoms with Gasteiger partial charge < -0.3 is 14.8 Å². The zero-order chi connectivity index (χ0) is 19.0. The third-order valence-electron chi connectivity index (χ3n) is 4.16. The van der Waals surface area contributed by atoms with Gasteiger partial charge in [0.05, 0.1) is 0 Å². The standard InChI is InChI=1S/C21H13Cl2NO3/c22-13-7-14(23)9-15(8-13)24-11-19(25)18-10-17-16-4-2-1-3-12(16)5-6-20(17)27-21(18)26/h1-11,24-25H/b19-11-. The van der Waals surface area contributed by atoms with Gasteiger partial charge in [0.15, 0.2) is 0 Å². The molecule has 27 heavy (non-hydrogen) atoms. The van der Waals surface area contributed by atoms with Crippen molar-refractivity contribution in [1.82, 2.24) is 0 Å². The van der Waals surface area contributed by atoms with E-state index in [9.17, 15) is 9.90 Å². The highest BCUT2D eigenvalue weighted by Gasteiger charge is 2.11. The molecule has 0 bridgehead atoms. The van der Waals surface area contributed by atoms with Crippen LogP contribution in [0.25, 0.3) is 27.5 Å². The maximum Gasteiger partial charge on any atom is 0.347 e. The van der Waals surface area contributed by atoms with E-state index in [0.717, 1.165) is 16.2 Å². The molecule has 0 aliphatic carbocycles. The number of benzene rings is 3. The van der Waals surface area contributed by atoms with Gasteiger partial charge in [0.1, 0.15) is 16.9 Å². The Labute approximate surface area is 164 Å². The second kappa shape index (κ2) is 6.99. The molecular formula is C21H13Cl2NO3. The Morgan fingerprint density at radius 2 is 1.70 bits per heavy atom. The van der Waals surface area contributed by atoms with Gasteiger partial charge >= 0.3 is 5.63 Å². The molecule has 0 radical (unpaired) electrons. The lowest BCUT2D eigenvalue weighted by Gasteiger charge is -2.06. The molecule has 2 N–H and O–H groups in total. The topological polar surface area (TPSA) is 62.5 Å². The van der Waals surface area contributed by atoms with Crippen molar-refractivity contribution < 1.29 is 9.52 Å². The fourth-order valence-electron chi connectivity index (χ4n) is 2.92. The first kappa shape index (κ1) is 17.5. The van der Waals surface area contributed by atoms with E-state index in [2.05, 4.69) is 5.32 Å². The minimum absolute atomic E-state index is 0.0551. The number of aliphatic hydroxyl groups is 1. The van der Waals surface area contributed by atoms with Crippen LogP contribution in [0.1, 0.15) is 5.56 Å². The third kappa shape index (κ3) is 3.50. The quantitative estimate of drug-likeness (QED) is 0.244. The van der Waals surface area contributed by atoms with Crippen molar-refractivity contribution in [2.45, 2.75) is 0 Å². The van der Waals surface area contributed by atoms with Crippen LogP contribution in [-0.4, -0.2) is 5.11 Å². The number of nitrogens with one attached hydrogen (secondary N) is 1. The number of fused-ring (bicyclic) bond motifs is 3. The molecule has 4 nitrogen and oxygen atoms in total. The van der Waals surface area contributed by atoms with Crippen molar-refractivity contribution in [2.24, 2.45) is 0 Å². The van der Waals surface area contributed by atoms with E-state index in [1.165, 1.54) is 6.20 Å². The van der Waals surface area contributed by atoms with Crippen molar-refractivity contribution >= 4 is 56.4 Å². The Kier molecular flexibility index (Phi) is 4.52. The highest BCUT2D eigenvalue weighted by Crippen LogP contribution is 2.27. The fraction of sp³-hybridized carbons (Fsp3) is 0. The summed E-state index contributed by atoms with van der Waals surface area (Å²) < 4.78 is 5.39. The normalized spacial score (nSPS) is 11.9. The highest BCUT2D eigenvalue weighted by molar-refractivity contribution is 6.35. The van der Waals surface area contributed by atoms with E-state index >= 15 is 0 Å². The minimum Gasteiger partial charge on any atom is -0.506 e. The van der Waals surface area contributed by atoms with Crippen LogP contribution in [-0.2, 0) is 0 Å². The molecule has 1 aromatic heterocycles. The summed E-state index contributed by atoms with van der Waals surface area (Å²) in [5, 5.41) is 16.9. The van der Waals surface area contributed by atoms with Gasteiger partial charge in [-0.2, -0.15) is 0 Å². The summed E-state index contributed by atoms with van der Waals surface area (Å²) in [5.41, 5.74) is 0.469. The van der Waals surface area contributed by atoms with Crippen LogP contribution in [0.2, 0.25) is 10.0 Å². The van der Waals surface area contributed by atoms with Crippen LogP contribution < -0.4 is 10.9 Å². The molecular weight excluding hydrogens is 385 g/mol. The maximum absolute atomic E-state index is 12.3. The fourth-order valence-corrected chi connectivity index (χ4v) is 3.44. The lowest BCUT2D eigenvalue weighted by Crippen LogP contribution is -2.07. The molecule has 1 heterocycles. The molecule has 3 aromatic carbocycles. The Balaban J connectivity index is 1.78. The van der Waals surface area contributed by atoms with Crippen molar-refractivity contribution in [3.05, 3.63) is 92.9 Å².